The molecule has 0 unspecified atom stereocenters. The Kier molecular flexibility index (Phi) is 4.29. The van der Waals surface area contributed by atoms with E-state index in [1.165, 1.54) is 4.88 Å². The smallest absolute Gasteiger partial charge is 0.144 e. The van der Waals surface area contributed by atoms with Crippen molar-refractivity contribution in [3.8, 4) is 22.0 Å². The van der Waals surface area contributed by atoms with Crippen LogP contribution in [0.4, 0.5) is 0 Å². The first kappa shape index (κ1) is 14.2. The number of hydrogen-bond acceptors (Lipinski definition) is 4. The molecule has 0 spiro atoms. The molecule has 0 radical (unpaired) electrons. The Hall–Kier alpha value is -1.75. The van der Waals surface area contributed by atoms with E-state index in [0.29, 0.717) is 11.6 Å². The molecule has 106 valence electrons. The van der Waals surface area contributed by atoms with Gasteiger partial charge in [0.25, 0.3) is 0 Å². The van der Waals surface area contributed by atoms with E-state index in [9.17, 15) is 0 Å². The highest BCUT2D eigenvalue weighted by Gasteiger charge is 2.16. The van der Waals surface area contributed by atoms with Gasteiger partial charge in [-0.2, -0.15) is 0 Å². The van der Waals surface area contributed by atoms with E-state index in [4.69, 9.17) is 22.3 Å². The molecule has 0 aliphatic rings. The fraction of sp³-hybridized carbons (Fsp3) is 0.125. The van der Waals surface area contributed by atoms with Crippen LogP contribution in [0, 0.1) is 0 Å². The fourth-order valence-corrected chi connectivity index (χ4v) is 3.49. The molecule has 1 aromatic carbocycles. The average Bonchev–Trinajstić information content (AvgIpc) is 2.93. The molecule has 0 amide bonds. The van der Waals surface area contributed by atoms with Crippen LogP contribution in [0.1, 0.15) is 4.88 Å². The number of benzene rings is 1. The van der Waals surface area contributed by atoms with Crippen LogP contribution in [0.2, 0.25) is 5.02 Å². The van der Waals surface area contributed by atoms with Crippen LogP contribution >= 0.6 is 22.9 Å². The third-order valence-corrected chi connectivity index (χ3v) is 4.50. The number of aromatic nitrogens is 2. The molecule has 0 saturated heterocycles. The van der Waals surface area contributed by atoms with Crippen molar-refractivity contribution in [1.29, 1.82) is 0 Å². The van der Waals surface area contributed by atoms with Crippen LogP contribution in [0.3, 0.4) is 0 Å². The number of nitrogens with zero attached hydrogens (tertiary/aromatic N) is 2. The maximum Gasteiger partial charge on any atom is 0.144 e. The van der Waals surface area contributed by atoms with Crippen molar-refractivity contribution in [3.05, 3.63) is 58.6 Å². The summed E-state index contributed by atoms with van der Waals surface area (Å²) in [6, 6.07) is 13.8. The van der Waals surface area contributed by atoms with Gasteiger partial charge in [-0.05, 0) is 25.1 Å². The van der Waals surface area contributed by atoms with Crippen molar-refractivity contribution in [2.75, 3.05) is 6.54 Å². The van der Waals surface area contributed by atoms with Gasteiger partial charge in [0, 0.05) is 16.6 Å². The van der Waals surface area contributed by atoms with Crippen LogP contribution in [0.5, 0.6) is 0 Å². The van der Waals surface area contributed by atoms with Gasteiger partial charge in [0.05, 0.1) is 10.7 Å². The zero-order chi connectivity index (χ0) is 14.7. The van der Waals surface area contributed by atoms with Crippen molar-refractivity contribution in [2.24, 2.45) is 5.73 Å². The predicted octanol–water partition coefficient (Wildman–Crippen LogP) is 4.03. The van der Waals surface area contributed by atoms with E-state index in [-0.39, 0.29) is 0 Å². The summed E-state index contributed by atoms with van der Waals surface area (Å²) in [5.41, 5.74) is 8.52. The van der Waals surface area contributed by atoms with Gasteiger partial charge in [0.2, 0.25) is 0 Å². The topological polar surface area (TPSA) is 51.8 Å². The minimum absolute atomic E-state index is 0.595. The van der Waals surface area contributed by atoms with E-state index < -0.39 is 0 Å². The number of rotatable bonds is 4. The highest BCUT2D eigenvalue weighted by Crippen LogP contribution is 2.35. The first-order chi connectivity index (χ1) is 10.3. The summed E-state index contributed by atoms with van der Waals surface area (Å²) in [5.74, 6) is 0. The van der Waals surface area contributed by atoms with Gasteiger partial charge in [0.1, 0.15) is 10.7 Å². The highest BCUT2D eigenvalue weighted by atomic mass is 35.5. The first-order valence-electron chi connectivity index (χ1n) is 6.65. The van der Waals surface area contributed by atoms with Gasteiger partial charge < -0.3 is 5.73 Å². The van der Waals surface area contributed by atoms with Crippen molar-refractivity contribution in [1.82, 2.24) is 9.97 Å². The third-order valence-electron chi connectivity index (χ3n) is 3.08. The van der Waals surface area contributed by atoms with Crippen LogP contribution in [-0.4, -0.2) is 16.5 Å². The molecule has 3 nitrogen and oxygen atoms in total. The van der Waals surface area contributed by atoms with Gasteiger partial charge in [-0.25, -0.2) is 4.98 Å². The maximum absolute atomic E-state index is 6.22. The summed E-state index contributed by atoms with van der Waals surface area (Å²) >= 11 is 7.83. The largest absolute Gasteiger partial charge is 0.330 e. The molecule has 0 aliphatic carbocycles. The summed E-state index contributed by atoms with van der Waals surface area (Å²) in [6.45, 7) is 0.595. The van der Waals surface area contributed by atoms with Crippen LogP contribution < -0.4 is 5.73 Å². The Morgan fingerprint density at radius 1 is 1.05 bits per heavy atom. The Bertz CT molecular complexity index is 740. The Balaban J connectivity index is 2.11. The SMILES string of the molecule is NCCc1sc(-c2ncccc2Cl)nc1-c1ccccc1. The first-order valence-corrected chi connectivity index (χ1v) is 7.85. The monoisotopic (exact) mass is 315 g/mol. The van der Waals surface area contributed by atoms with Gasteiger partial charge >= 0.3 is 0 Å². The molecule has 0 atom stereocenters. The number of thiazole rings is 1. The van der Waals surface area contributed by atoms with E-state index >= 15 is 0 Å². The molecule has 3 aromatic rings. The summed E-state index contributed by atoms with van der Waals surface area (Å²) in [5, 5.41) is 1.45. The molecule has 0 saturated carbocycles. The molecular weight excluding hydrogens is 302 g/mol. The maximum atomic E-state index is 6.22. The highest BCUT2D eigenvalue weighted by molar-refractivity contribution is 7.15. The zero-order valence-electron chi connectivity index (χ0n) is 11.3. The second kappa shape index (κ2) is 6.35. The van der Waals surface area contributed by atoms with Crippen LogP contribution in [0.15, 0.2) is 48.7 Å². The predicted molar refractivity (Wildman–Crippen MR) is 88.5 cm³/mol. The summed E-state index contributed by atoms with van der Waals surface area (Å²) in [7, 11) is 0. The van der Waals surface area contributed by atoms with Crippen molar-refractivity contribution in [3.63, 3.8) is 0 Å². The number of halogens is 1. The van der Waals surface area contributed by atoms with Crippen molar-refractivity contribution in [2.45, 2.75) is 6.42 Å². The lowest BCUT2D eigenvalue weighted by Crippen LogP contribution is -2.02. The van der Waals surface area contributed by atoms with E-state index in [0.717, 1.165) is 28.4 Å². The van der Waals surface area contributed by atoms with Gasteiger partial charge in [0.15, 0.2) is 0 Å². The lowest BCUT2D eigenvalue weighted by atomic mass is 10.1. The Morgan fingerprint density at radius 2 is 1.86 bits per heavy atom. The summed E-state index contributed by atoms with van der Waals surface area (Å²) in [6.07, 6.45) is 2.53. The van der Waals surface area contributed by atoms with E-state index in [1.807, 2.05) is 30.3 Å². The standard InChI is InChI=1S/C16H14ClN3S/c17-12-7-4-10-19-15(12)16-20-14(13(21-16)8-9-18)11-5-2-1-3-6-11/h1-7,10H,8-9,18H2. The average molecular weight is 316 g/mol. The lowest BCUT2D eigenvalue weighted by molar-refractivity contribution is 0.986. The molecule has 0 fully saturated rings. The Morgan fingerprint density at radius 3 is 2.57 bits per heavy atom. The molecule has 2 aromatic heterocycles. The van der Waals surface area contributed by atoms with Crippen LogP contribution in [-0.2, 0) is 6.42 Å². The molecular formula is C16H14ClN3S. The molecule has 21 heavy (non-hydrogen) atoms. The number of nitrogens with two attached hydrogens (primary N) is 1. The van der Waals surface area contributed by atoms with E-state index in [2.05, 4.69) is 17.1 Å². The van der Waals surface area contributed by atoms with Crippen LogP contribution in [0.25, 0.3) is 22.0 Å². The second-order valence-corrected chi connectivity index (χ2v) is 6.02. The molecule has 2 heterocycles. The van der Waals surface area contributed by atoms with Gasteiger partial charge in [-0.15, -0.1) is 11.3 Å². The zero-order valence-corrected chi connectivity index (χ0v) is 12.9. The Labute approximate surface area is 132 Å². The molecule has 0 aliphatic heterocycles. The van der Waals surface area contributed by atoms with Gasteiger partial charge in [-0.1, -0.05) is 41.9 Å². The molecule has 2 N–H and O–H groups in total. The summed E-state index contributed by atoms with van der Waals surface area (Å²) < 4.78 is 0. The minimum atomic E-state index is 0.595. The molecule has 0 bridgehead atoms. The quantitative estimate of drug-likeness (QED) is 0.791. The number of pyridine rings is 1. The van der Waals surface area contributed by atoms with E-state index in [1.54, 1.807) is 17.5 Å². The summed E-state index contributed by atoms with van der Waals surface area (Å²) in [4.78, 5) is 10.3. The number of hydrogen-bond donors (Lipinski definition) is 1. The minimum Gasteiger partial charge on any atom is -0.330 e. The van der Waals surface area contributed by atoms with Crippen molar-refractivity contribution >= 4 is 22.9 Å². The van der Waals surface area contributed by atoms with Gasteiger partial charge in [-0.3, -0.25) is 4.98 Å². The fourth-order valence-electron chi connectivity index (χ4n) is 2.12. The second-order valence-electron chi connectivity index (χ2n) is 4.53. The lowest BCUT2D eigenvalue weighted by Gasteiger charge is -2.00. The van der Waals surface area contributed by atoms with Crippen molar-refractivity contribution < 1.29 is 0 Å². The normalized spacial score (nSPS) is 10.8. The molecule has 5 heteroatoms. The third kappa shape index (κ3) is 2.97. The molecule has 3 rings (SSSR count).